The summed E-state index contributed by atoms with van der Waals surface area (Å²) >= 11 is 0. The Morgan fingerprint density at radius 1 is 0.237 bits per heavy atom. The van der Waals surface area contributed by atoms with E-state index in [2.05, 4.69) is 188 Å². The van der Waals surface area contributed by atoms with Crippen LogP contribution in [0.2, 0.25) is 0 Å². The Morgan fingerprint density at radius 2 is 0.475 bits per heavy atom. The fourth-order valence-electron chi connectivity index (χ4n) is 7.74. The first kappa shape index (κ1) is 81.9. The summed E-state index contributed by atoms with van der Waals surface area (Å²) in [5, 5.41) is 0. The van der Waals surface area contributed by atoms with E-state index in [1.807, 2.05) is 49.6 Å². The Bertz CT molecular complexity index is 2030. The minimum absolute atomic E-state index is 0. The average molecular weight is 1110 g/mol. The average Bonchev–Trinajstić information content (AvgIpc) is 3.34. The van der Waals surface area contributed by atoms with Crippen molar-refractivity contribution in [2.24, 2.45) is 59.2 Å². The van der Waals surface area contributed by atoms with Gasteiger partial charge in [0.15, 0.2) is 0 Å². The van der Waals surface area contributed by atoms with Crippen LogP contribution in [0.15, 0.2) is 62.0 Å². The zero-order valence-corrected chi connectivity index (χ0v) is 52.3. The molecule has 5 aromatic rings. The maximum absolute atomic E-state index is 4.65. The second-order valence-corrected chi connectivity index (χ2v) is 25.4. The molecule has 0 aliphatic heterocycles. The predicted octanol–water partition coefficient (Wildman–Crippen LogP) is 19.3. The van der Waals surface area contributed by atoms with E-state index in [4.69, 9.17) is 0 Å². The topological polar surface area (TPSA) is 129 Å². The zero-order chi connectivity index (χ0) is 57.0. The molecule has 5 heterocycles. The van der Waals surface area contributed by atoms with Crippen molar-refractivity contribution in [2.75, 3.05) is 0 Å². The summed E-state index contributed by atoms with van der Waals surface area (Å²) < 4.78 is 0. The maximum Gasteiger partial charge on any atom is 0.0621 e. The minimum atomic E-state index is 0. The van der Waals surface area contributed by atoms with E-state index in [9.17, 15) is 0 Å². The van der Waals surface area contributed by atoms with Gasteiger partial charge in [-0.1, -0.05) is 168 Å². The van der Waals surface area contributed by atoms with E-state index in [-0.39, 0.29) is 29.7 Å². The smallest absolute Gasteiger partial charge is 0.0621 e. The molecule has 0 unspecified atom stereocenters. The van der Waals surface area contributed by atoms with Crippen LogP contribution in [-0.2, 0) is 64.2 Å². The van der Waals surface area contributed by atoms with Crippen LogP contribution in [0.1, 0.15) is 264 Å². The number of aryl methyl sites for hydroxylation is 6. The van der Waals surface area contributed by atoms with Crippen LogP contribution >= 0.6 is 0 Å². The van der Waals surface area contributed by atoms with Crippen LogP contribution in [0.4, 0.5) is 0 Å². The van der Waals surface area contributed by atoms with Gasteiger partial charge in [-0.25, -0.2) is 0 Å². The third-order valence-corrected chi connectivity index (χ3v) is 12.2. The molecule has 0 N–H and O–H groups in total. The van der Waals surface area contributed by atoms with Gasteiger partial charge in [0.1, 0.15) is 0 Å². The van der Waals surface area contributed by atoms with Gasteiger partial charge in [-0.2, -0.15) is 0 Å². The highest BCUT2D eigenvalue weighted by Gasteiger charge is 2.10. The fourth-order valence-corrected chi connectivity index (χ4v) is 7.74. The Morgan fingerprint density at radius 3 is 0.738 bits per heavy atom. The summed E-state index contributed by atoms with van der Waals surface area (Å²) in [5.41, 5.74) is 11.6. The SMILES string of the molecule is C.C.C.C.CC(C)CCc1cnc(CCC(C)C)cn1.CC(C)CCc1cncc(CCC(C)C)n1.CC(C)CCc1nccnc1CCC(C)C.CC(C)Cc1cncc(CC(C)C)n1.CC(C)Cc1nccnc1CC(C)C. The number of hydrogen-bond donors (Lipinski definition) is 0. The first-order chi connectivity index (χ1) is 35.9. The second kappa shape index (κ2) is 48.0. The summed E-state index contributed by atoms with van der Waals surface area (Å²) in [7, 11) is 0. The van der Waals surface area contributed by atoms with Crippen molar-refractivity contribution in [3.8, 4) is 0 Å². The number of nitrogens with zero attached hydrogens (tertiary/aromatic N) is 10. The van der Waals surface area contributed by atoms with Crippen LogP contribution in [0.5, 0.6) is 0 Å². The molecule has 0 fully saturated rings. The van der Waals surface area contributed by atoms with Gasteiger partial charge in [0.2, 0.25) is 0 Å². The lowest BCUT2D eigenvalue weighted by atomic mass is 10.0. The molecule has 80 heavy (non-hydrogen) atoms. The third-order valence-electron chi connectivity index (χ3n) is 12.2. The molecule has 0 aromatic carbocycles. The van der Waals surface area contributed by atoms with Crippen molar-refractivity contribution in [3.05, 3.63) is 119 Å². The van der Waals surface area contributed by atoms with Crippen LogP contribution < -0.4 is 0 Å². The molecule has 458 valence electrons. The molecule has 0 aliphatic rings. The summed E-state index contributed by atoms with van der Waals surface area (Å²) in [6.07, 6.45) is 36.3. The van der Waals surface area contributed by atoms with Crippen molar-refractivity contribution in [2.45, 2.75) is 271 Å². The number of hydrogen-bond acceptors (Lipinski definition) is 10. The summed E-state index contributed by atoms with van der Waals surface area (Å²) in [6.45, 7) is 44.6. The molecule has 0 saturated carbocycles. The second-order valence-electron chi connectivity index (χ2n) is 25.4. The number of rotatable bonds is 26. The van der Waals surface area contributed by atoms with Crippen molar-refractivity contribution >= 4 is 0 Å². The lowest BCUT2D eigenvalue weighted by molar-refractivity contribution is 0.560. The van der Waals surface area contributed by atoms with Crippen molar-refractivity contribution in [1.29, 1.82) is 0 Å². The Kier molecular flexibility index (Phi) is 49.1. The largest absolute Gasteiger partial charge is 0.261 e. The molecule has 0 aliphatic carbocycles. The van der Waals surface area contributed by atoms with Crippen LogP contribution in [0, 0.1) is 59.2 Å². The highest BCUT2D eigenvalue weighted by molar-refractivity contribution is 5.13. The Hall–Kier alpha value is -4.60. The van der Waals surface area contributed by atoms with Gasteiger partial charge in [0.25, 0.3) is 0 Å². The summed E-state index contributed by atoms with van der Waals surface area (Å²) in [5.74, 6) is 7.03. The molecule has 10 nitrogen and oxygen atoms in total. The van der Waals surface area contributed by atoms with Crippen LogP contribution in [-0.4, -0.2) is 49.8 Å². The molecule has 0 bridgehead atoms. The lowest BCUT2D eigenvalue weighted by Gasteiger charge is -2.10. The predicted molar refractivity (Wildman–Crippen MR) is 350 cm³/mol. The van der Waals surface area contributed by atoms with Crippen LogP contribution in [0.25, 0.3) is 0 Å². The monoisotopic (exact) mass is 1110 g/mol. The molecular formula is C70H128N10. The van der Waals surface area contributed by atoms with Gasteiger partial charge < -0.3 is 0 Å². The minimum Gasteiger partial charge on any atom is -0.261 e. The van der Waals surface area contributed by atoms with Crippen LogP contribution in [0.3, 0.4) is 0 Å². The van der Waals surface area contributed by atoms with E-state index < -0.39 is 0 Å². The molecule has 5 aromatic heterocycles. The van der Waals surface area contributed by atoms with Crippen molar-refractivity contribution in [1.82, 2.24) is 49.8 Å². The molecule has 5 rings (SSSR count). The third kappa shape index (κ3) is 44.1. The highest BCUT2D eigenvalue weighted by Crippen LogP contribution is 2.16. The van der Waals surface area contributed by atoms with Gasteiger partial charge in [0, 0.05) is 62.0 Å². The quantitative estimate of drug-likeness (QED) is 0.0528. The van der Waals surface area contributed by atoms with Crippen molar-refractivity contribution < 1.29 is 0 Å². The highest BCUT2D eigenvalue weighted by atomic mass is 14.8. The Balaban J connectivity index is -0.000000446. The normalized spacial score (nSPS) is 10.8. The van der Waals surface area contributed by atoms with E-state index in [1.54, 1.807) is 12.4 Å². The van der Waals surface area contributed by atoms with Gasteiger partial charge in [0.05, 0.1) is 56.9 Å². The van der Waals surface area contributed by atoms with Gasteiger partial charge in [-0.05, 0) is 162 Å². The Labute approximate surface area is 496 Å². The molecular weight excluding hydrogens is 981 g/mol. The van der Waals surface area contributed by atoms with E-state index in [0.717, 1.165) is 134 Å². The number of aromatic nitrogens is 10. The van der Waals surface area contributed by atoms with E-state index in [0.29, 0.717) is 23.7 Å². The van der Waals surface area contributed by atoms with Gasteiger partial charge >= 0.3 is 0 Å². The lowest BCUT2D eigenvalue weighted by Crippen LogP contribution is -2.07. The molecule has 0 atom stereocenters. The molecule has 0 radical (unpaired) electrons. The summed E-state index contributed by atoms with van der Waals surface area (Å²) in [6, 6.07) is 0. The summed E-state index contributed by atoms with van der Waals surface area (Å²) in [4.78, 5) is 44.4. The van der Waals surface area contributed by atoms with E-state index in [1.165, 1.54) is 61.3 Å². The molecule has 10 heteroatoms. The fraction of sp³-hybridized carbons (Fsp3) is 0.714. The first-order valence-corrected chi connectivity index (χ1v) is 29.9. The van der Waals surface area contributed by atoms with Gasteiger partial charge in [-0.15, -0.1) is 0 Å². The standard InChI is InChI=1S/3C14H24N2.2C12H20N2.4CH4/c1-11(2)5-7-13-9-16-14(10-15-13)8-6-12(3)4;1-11(2)5-7-13-9-15-10-14(16-13)8-6-12(3)4;1-11(2)5-7-13-14(8-6-12(3)4)16-10-9-15-13;1-9(2)5-11-7-13-8-12(14-11)6-10(3)4;1-9(2)7-11-12(8-10(3)4)14-6-5-13-11;;;;/h3*9-12H,5-8H2,1-4H3;7-10H,5-6H2,1-4H3;5-6,9-10H,7-8H2,1-4H3;4*1H4. The maximum atomic E-state index is 4.65. The first-order valence-electron chi connectivity index (χ1n) is 29.9. The molecule has 0 saturated heterocycles. The van der Waals surface area contributed by atoms with Crippen molar-refractivity contribution in [3.63, 3.8) is 0 Å². The van der Waals surface area contributed by atoms with E-state index >= 15 is 0 Å². The molecule has 0 spiro atoms. The zero-order valence-electron chi connectivity index (χ0n) is 52.3. The van der Waals surface area contributed by atoms with Gasteiger partial charge in [-0.3, -0.25) is 49.8 Å². The molecule has 0 amide bonds.